The number of nitrogens with zero attached hydrogens (tertiary/aromatic N) is 2. The van der Waals surface area contributed by atoms with Crippen LogP contribution in [0.2, 0.25) is 5.02 Å². The van der Waals surface area contributed by atoms with Gasteiger partial charge in [0.1, 0.15) is 18.3 Å². The molecule has 1 atom stereocenters. The Balaban J connectivity index is 1.82. The van der Waals surface area contributed by atoms with E-state index in [2.05, 4.69) is 21.2 Å². The van der Waals surface area contributed by atoms with Crippen LogP contribution in [0.1, 0.15) is 18.1 Å². The number of anilines is 1. The van der Waals surface area contributed by atoms with Crippen LogP contribution in [0.4, 0.5) is 5.69 Å². The fourth-order valence-corrected chi connectivity index (χ4v) is 6.51. The molecule has 0 radical (unpaired) electrons. The van der Waals surface area contributed by atoms with Crippen molar-refractivity contribution >= 4 is 55.1 Å². The molecule has 4 aromatic rings. The quantitative estimate of drug-likeness (QED) is 0.183. The van der Waals surface area contributed by atoms with Crippen LogP contribution in [0.5, 0.6) is 5.75 Å². The first-order valence-electron chi connectivity index (χ1n) is 13.9. The van der Waals surface area contributed by atoms with Crippen molar-refractivity contribution in [2.24, 2.45) is 0 Å². The molecule has 0 aromatic heterocycles. The van der Waals surface area contributed by atoms with Crippen LogP contribution in [0.3, 0.4) is 0 Å². The highest BCUT2D eigenvalue weighted by molar-refractivity contribution is 9.10. The van der Waals surface area contributed by atoms with E-state index in [-0.39, 0.29) is 36.1 Å². The SMILES string of the molecule is CCOc1ccccc1N(CC(=O)N(Cc1ccc(Br)cc1)[C@H](Cc1ccccc1)C(=O)NC)S(=O)(=O)c1ccc(Cl)cc1. The highest BCUT2D eigenvalue weighted by Gasteiger charge is 2.35. The molecular formula is C33H33BrClN3O5S. The monoisotopic (exact) mass is 697 g/mol. The molecule has 0 saturated carbocycles. The molecule has 11 heteroatoms. The molecule has 0 saturated heterocycles. The van der Waals surface area contributed by atoms with Gasteiger partial charge >= 0.3 is 0 Å². The highest BCUT2D eigenvalue weighted by Crippen LogP contribution is 2.33. The van der Waals surface area contributed by atoms with Gasteiger partial charge in [0, 0.05) is 29.5 Å². The third kappa shape index (κ3) is 8.19. The van der Waals surface area contributed by atoms with Crippen molar-refractivity contribution in [2.45, 2.75) is 30.8 Å². The van der Waals surface area contributed by atoms with Gasteiger partial charge < -0.3 is 15.0 Å². The Morgan fingerprint density at radius 3 is 2.16 bits per heavy atom. The number of benzene rings is 4. The number of amides is 2. The predicted molar refractivity (Wildman–Crippen MR) is 176 cm³/mol. The Labute approximate surface area is 271 Å². The number of hydrogen-bond donors (Lipinski definition) is 1. The summed E-state index contributed by atoms with van der Waals surface area (Å²) in [4.78, 5) is 29.2. The van der Waals surface area contributed by atoms with Crippen LogP contribution in [-0.4, -0.2) is 51.4 Å². The van der Waals surface area contributed by atoms with Crippen molar-refractivity contribution in [1.29, 1.82) is 0 Å². The van der Waals surface area contributed by atoms with Gasteiger partial charge in [-0.05, 0) is 66.6 Å². The number of carbonyl (C=O) groups is 2. The summed E-state index contributed by atoms with van der Waals surface area (Å²) in [6.45, 7) is 1.55. The molecule has 0 spiro atoms. The minimum Gasteiger partial charge on any atom is -0.492 e. The number of para-hydroxylation sites is 2. The van der Waals surface area contributed by atoms with E-state index in [0.717, 1.165) is 19.9 Å². The van der Waals surface area contributed by atoms with E-state index in [4.69, 9.17) is 16.3 Å². The lowest BCUT2D eigenvalue weighted by Gasteiger charge is -2.34. The van der Waals surface area contributed by atoms with E-state index in [1.165, 1.54) is 36.2 Å². The lowest BCUT2D eigenvalue weighted by Crippen LogP contribution is -2.53. The summed E-state index contributed by atoms with van der Waals surface area (Å²) in [5.74, 6) is -0.644. The van der Waals surface area contributed by atoms with Gasteiger partial charge in [0.2, 0.25) is 11.8 Å². The highest BCUT2D eigenvalue weighted by atomic mass is 79.9. The summed E-state index contributed by atoms with van der Waals surface area (Å²) < 4.78 is 36.0. The molecule has 4 aromatic carbocycles. The summed E-state index contributed by atoms with van der Waals surface area (Å²) in [7, 11) is -2.78. The van der Waals surface area contributed by atoms with Gasteiger partial charge in [0.05, 0.1) is 17.2 Å². The molecule has 4 rings (SSSR count). The average Bonchev–Trinajstić information content (AvgIpc) is 3.03. The predicted octanol–water partition coefficient (Wildman–Crippen LogP) is 6.08. The maximum Gasteiger partial charge on any atom is 0.264 e. The molecule has 0 aliphatic carbocycles. The van der Waals surface area contributed by atoms with Crippen LogP contribution in [0, 0.1) is 0 Å². The summed E-state index contributed by atoms with van der Waals surface area (Å²) in [5, 5.41) is 3.05. The molecule has 0 fully saturated rings. The van der Waals surface area contributed by atoms with Gasteiger partial charge in [-0.1, -0.05) is 82.1 Å². The van der Waals surface area contributed by atoms with Gasteiger partial charge in [-0.3, -0.25) is 13.9 Å². The summed E-state index contributed by atoms with van der Waals surface area (Å²) in [6.07, 6.45) is 0.224. The number of rotatable bonds is 13. The Morgan fingerprint density at radius 2 is 1.52 bits per heavy atom. The number of nitrogens with one attached hydrogen (secondary N) is 1. The summed E-state index contributed by atoms with van der Waals surface area (Å²) in [5.41, 5.74) is 1.81. The first-order valence-corrected chi connectivity index (χ1v) is 16.5. The standard InChI is InChI=1S/C33H33BrClN3O5S/c1-3-43-31-12-8-7-11-29(31)38(44(41,42)28-19-17-27(35)18-20-28)23-32(39)37(22-25-13-15-26(34)16-14-25)30(33(40)36-2)21-24-9-5-4-6-10-24/h4-20,30H,3,21-23H2,1-2H3,(H,36,40)/t30-/m1/s1. The van der Waals surface area contributed by atoms with Crippen LogP contribution in [0.15, 0.2) is 112 Å². The molecule has 0 aliphatic rings. The molecule has 0 heterocycles. The maximum absolute atomic E-state index is 14.4. The lowest BCUT2D eigenvalue weighted by molar-refractivity contribution is -0.139. The van der Waals surface area contributed by atoms with E-state index in [1.54, 1.807) is 31.2 Å². The first-order chi connectivity index (χ1) is 21.1. The fraction of sp³-hybridized carbons (Fsp3) is 0.212. The molecule has 0 aliphatic heterocycles. The molecule has 8 nitrogen and oxygen atoms in total. The third-order valence-corrected chi connectivity index (χ3v) is 9.45. The molecule has 0 bridgehead atoms. The van der Waals surface area contributed by atoms with Crippen LogP contribution < -0.4 is 14.4 Å². The van der Waals surface area contributed by atoms with Gasteiger partial charge in [-0.25, -0.2) is 8.42 Å². The Morgan fingerprint density at radius 1 is 0.886 bits per heavy atom. The number of ether oxygens (including phenoxy) is 1. The van der Waals surface area contributed by atoms with Gasteiger partial charge in [-0.15, -0.1) is 0 Å². The van der Waals surface area contributed by atoms with E-state index in [9.17, 15) is 18.0 Å². The molecule has 2 amide bonds. The van der Waals surface area contributed by atoms with Crippen molar-refractivity contribution in [3.05, 3.63) is 124 Å². The van der Waals surface area contributed by atoms with E-state index in [0.29, 0.717) is 10.8 Å². The van der Waals surface area contributed by atoms with Crippen molar-refractivity contribution in [2.75, 3.05) is 24.5 Å². The summed E-state index contributed by atoms with van der Waals surface area (Å²) >= 11 is 9.49. The van der Waals surface area contributed by atoms with Crippen molar-refractivity contribution < 1.29 is 22.7 Å². The zero-order chi connectivity index (χ0) is 31.7. The summed E-state index contributed by atoms with van der Waals surface area (Å²) in [6, 6.07) is 28.2. The van der Waals surface area contributed by atoms with Crippen LogP contribution in [-0.2, 0) is 32.6 Å². The van der Waals surface area contributed by atoms with E-state index >= 15 is 0 Å². The third-order valence-electron chi connectivity index (χ3n) is 6.90. The van der Waals surface area contributed by atoms with Crippen molar-refractivity contribution in [3.8, 4) is 5.75 Å². The second-order valence-corrected chi connectivity index (χ2v) is 13.0. The van der Waals surface area contributed by atoms with E-state index < -0.39 is 28.5 Å². The average molecular weight is 699 g/mol. The Bertz CT molecular complexity index is 1670. The number of hydrogen-bond acceptors (Lipinski definition) is 5. The molecule has 230 valence electrons. The number of halogens is 2. The minimum absolute atomic E-state index is 0.0485. The zero-order valence-corrected chi connectivity index (χ0v) is 27.5. The zero-order valence-electron chi connectivity index (χ0n) is 24.3. The minimum atomic E-state index is -4.29. The fourth-order valence-electron chi connectivity index (χ4n) is 4.69. The molecular weight excluding hydrogens is 666 g/mol. The maximum atomic E-state index is 14.4. The molecule has 0 unspecified atom stereocenters. The van der Waals surface area contributed by atoms with Crippen molar-refractivity contribution in [3.63, 3.8) is 0 Å². The Kier molecular flexibility index (Phi) is 11.4. The molecule has 44 heavy (non-hydrogen) atoms. The number of sulfonamides is 1. The topological polar surface area (TPSA) is 96.0 Å². The number of carbonyl (C=O) groups excluding carboxylic acids is 2. The smallest absolute Gasteiger partial charge is 0.264 e. The Hall–Kier alpha value is -3.86. The lowest BCUT2D eigenvalue weighted by atomic mass is 10.0. The van der Waals surface area contributed by atoms with Gasteiger partial charge in [0.15, 0.2) is 0 Å². The van der Waals surface area contributed by atoms with Gasteiger partial charge in [0.25, 0.3) is 10.0 Å². The van der Waals surface area contributed by atoms with Gasteiger partial charge in [-0.2, -0.15) is 0 Å². The first kappa shape index (κ1) is 33.0. The van der Waals surface area contributed by atoms with Crippen LogP contribution >= 0.6 is 27.5 Å². The van der Waals surface area contributed by atoms with E-state index in [1.807, 2.05) is 54.6 Å². The second-order valence-electron chi connectivity index (χ2n) is 9.83. The second kappa shape index (κ2) is 15.2. The normalized spacial score (nSPS) is 11.8. The van der Waals surface area contributed by atoms with Crippen molar-refractivity contribution in [1.82, 2.24) is 10.2 Å². The molecule has 1 N–H and O–H groups in total. The largest absolute Gasteiger partial charge is 0.492 e. The number of likely N-dealkylation sites (N-methyl/N-ethyl adjacent to an activating group) is 1. The van der Waals surface area contributed by atoms with Crippen LogP contribution in [0.25, 0.3) is 0 Å².